The highest BCUT2D eigenvalue weighted by Gasteiger charge is 2.16. The minimum atomic E-state index is -0.521. The van der Waals surface area contributed by atoms with Gasteiger partial charge >= 0.3 is 0 Å². The van der Waals surface area contributed by atoms with Crippen molar-refractivity contribution < 1.29 is 9.13 Å². The van der Waals surface area contributed by atoms with Gasteiger partial charge in [-0.25, -0.2) is 4.39 Å². The van der Waals surface area contributed by atoms with E-state index in [0.717, 1.165) is 0 Å². The minimum Gasteiger partial charge on any atom is -0.455 e. The van der Waals surface area contributed by atoms with Crippen molar-refractivity contribution in [2.45, 2.75) is 13.0 Å². The van der Waals surface area contributed by atoms with Gasteiger partial charge in [0.05, 0.1) is 15.1 Å². The number of halogens is 4. The second-order valence-electron chi connectivity index (χ2n) is 4.24. The Morgan fingerprint density at radius 2 is 1.70 bits per heavy atom. The van der Waals surface area contributed by atoms with Crippen LogP contribution in [0.5, 0.6) is 11.5 Å². The van der Waals surface area contributed by atoms with E-state index in [9.17, 15) is 4.39 Å². The van der Waals surface area contributed by atoms with Crippen LogP contribution in [0, 0.1) is 5.82 Å². The Balaban J connectivity index is 2.45. The van der Waals surface area contributed by atoms with E-state index in [2.05, 4.69) is 0 Å². The molecule has 2 aromatic rings. The van der Waals surface area contributed by atoms with Gasteiger partial charge in [-0.05, 0) is 25.1 Å². The Labute approximate surface area is 131 Å². The molecule has 0 bridgehead atoms. The van der Waals surface area contributed by atoms with E-state index in [1.54, 1.807) is 13.0 Å². The summed E-state index contributed by atoms with van der Waals surface area (Å²) in [5, 5.41) is 0.889. The van der Waals surface area contributed by atoms with Crippen LogP contribution in [-0.4, -0.2) is 0 Å². The maximum atomic E-state index is 13.8. The molecule has 0 radical (unpaired) electrons. The van der Waals surface area contributed by atoms with Crippen LogP contribution >= 0.6 is 34.8 Å². The van der Waals surface area contributed by atoms with Gasteiger partial charge in [0.1, 0.15) is 17.3 Å². The average molecular weight is 335 g/mol. The zero-order chi connectivity index (χ0) is 14.9. The van der Waals surface area contributed by atoms with Gasteiger partial charge < -0.3 is 10.5 Å². The highest BCUT2D eigenvalue weighted by Crippen LogP contribution is 2.38. The molecule has 2 rings (SSSR count). The number of benzene rings is 2. The number of hydrogen-bond acceptors (Lipinski definition) is 2. The predicted octanol–water partition coefficient (Wildman–Crippen LogP) is 5.60. The van der Waals surface area contributed by atoms with E-state index >= 15 is 0 Å². The molecule has 0 heterocycles. The molecule has 0 fully saturated rings. The second kappa shape index (κ2) is 6.19. The van der Waals surface area contributed by atoms with Crippen LogP contribution in [0.15, 0.2) is 30.3 Å². The fourth-order valence-corrected chi connectivity index (χ4v) is 2.32. The Hall–Kier alpha value is -1.000. The molecule has 0 spiro atoms. The van der Waals surface area contributed by atoms with Crippen LogP contribution in [0.3, 0.4) is 0 Å². The van der Waals surface area contributed by atoms with Gasteiger partial charge in [0, 0.05) is 17.7 Å². The number of ether oxygens (including phenoxy) is 1. The smallest absolute Gasteiger partial charge is 0.147 e. The van der Waals surface area contributed by atoms with Gasteiger partial charge in [0.25, 0.3) is 0 Å². The summed E-state index contributed by atoms with van der Waals surface area (Å²) in [7, 11) is 0. The Morgan fingerprint density at radius 1 is 1.05 bits per heavy atom. The van der Waals surface area contributed by atoms with Gasteiger partial charge in [-0.3, -0.25) is 0 Å². The largest absolute Gasteiger partial charge is 0.455 e. The lowest BCUT2D eigenvalue weighted by Gasteiger charge is -2.15. The third kappa shape index (κ3) is 3.18. The molecule has 20 heavy (non-hydrogen) atoms. The molecule has 0 aliphatic heterocycles. The molecule has 106 valence electrons. The summed E-state index contributed by atoms with van der Waals surface area (Å²) in [6.45, 7) is 1.67. The van der Waals surface area contributed by atoms with Crippen LogP contribution in [0.2, 0.25) is 15.1 Å². The van der Waals surface area contributed by atoms with E-state index in [-0.39, 0.29) is 16.3 Å². The molecule has 0 aromatic heterocycles. The Kier molecular flexibility index (Phi) is 4.76. The van der Waals surface area contributed by atoms with E-state index in [1.165, 1.54) is 24.3 Å². The van der Waals surface area contributed by atoms with Crippen molar-refractivity contribution in [2.75, 3.05) is 0 Å². The Bertz CT molecular complexity index is 647. The molecule has 2 aromatic carbocycles. The van der Waals surface area contributed by atoms with Gasteiger partial charge in [0.15, 0.2) is 0 Å². The summed E-state index contributed by atoms with van der Waals surface area (Å²) in [5.41, 5.74) is 6.03. The van der Waals surface area contributed by atoms with E-state index < -0.39 is 11.9 Å². The molecule has 0 saturated carbocycles. The van der Waals surface area contributed by atoms with Crippen molar-refractivity contribution >= 4 is 34.8 Å². The average Bonchev–Trinajstić information content (AvgIpc) is 2.35. The van der Waals surface area contributed by atoms with Crippen molar-refractivity contribution in [3.05, 3.63) is 56.8 Å². The first kappa shape index (κ1) is 15.4. The molecule has 0 aliphatic rings. The molecular weight excluding hydrogens is 324 g/mol. The Morgan fingerprint density at radius 3 is 2.35 bits per heavy atom. The van der Waals surface area contributed by atoms with E-state index in [0.29, 0.717) is 15.8 Å². The summed E-state index contributed by atoms with van der Waals surface area (Å²) in [4.78, 5) is 0. The molecular formula is C14H11Cl3FNO. The molecule has 0 saturated heterocycles. The van der Waals surface area contributed by atoms with E-state index in [4.69, 9.17) is 45.3 Å². The molecule has 0 amide bonds. The maximum absolute atomic E-state index is 13.8. The fourth-order valence-electron chi connectivity index (χ4n) is 1.75. The van der Waals surface area contributed by atoms with Crippen LogP contribution in [0.1, 0.15) is 18.5 Å². The van der Waals surface area contributed by atoms with E-state index in [1.807, 2.05) is 0 Å². The summed E-state index contributed by atoms with van der Waals surface area (Å²) >= 11 is 17.8. The zero-order valence-corrected chi connectivity index (χ0v) is 12.7. The summed E-state index contributed by atoms with van der Waals surface area (Å²) in [6.07, 6.45) is 0. The lowest BCUT2D eigenvalue weighted by Crippen LogP contribution is -2.09. The minimum absolute atomic E-state index is 0.273. The third-order valence-corrected chi connectivity index (χ3v) is 3.68. The third-order valence-electron chi connectivity index (χ3n) is 2.66. The normalized spacial score (nSPS) is 12.3. The van der Waals surface area contributed by atoms with Gasteiger partial charge in [0.2, 0.25) is 0 Å². The molecule has 0 aliphatic carbocycles. The lowest BCUT2D eigenvalue weighted by atomic mass is 10.1. The number of nitrogens with two attached hydrogens (primary N) is 1. The lowest BCUT2D eigenvalue weighted by molar-refractivity contribution is 0.461. The van der Waals surface area contributed by atoms with Gasteiger partial charge in [-0.1, -0.05) is 40.9 Å². The van der Waals surface area contributed by atoms with Gasteiger partial charge in [-0.15, -0.1) is 0 Å². The first-order valence-electron chi connectivity index (χ1n) is 5.76. The first-order valence-corrected chi connectivity index (χ1v) is 6.90. The molecule has 2 N–H and O–H groups in total. The zero-order valence-electron chi connectivity index (χ0n) is 10.5. The fraction of sp³-hybridized carbons (Fsp3) is 0.143. The molecule has 1 atom stereocenters. The van der Waals surface area contributed by atoms with Gasteiger partial charge in [-0.2, -0.15) is 0 Å². The summed E-state index contributed by atoms with van der Waals surface area (Å²) in [5.74, 6) is 0.141. The summed E-state index contributed by atoms with van der Waals surface area (Å²) < 4.78 is 19.4. The molecule has 0 unspecified atom stereocenters. The highest BCUT2D eigenvalue weighted by atomic mass is 35.5. The monoisotopic (exact) mass is 333 g/mol. The van der Waals surface area contributed by atoms with Crippen molar-refractivity contribution in [1.29, 1.82) is 0 Å². The standard InChI is InChI=1S/C14H11Cl3FNO/c1-7(19)14-11(18)3-2-4-12(14)20-13-6-9(16)8(15)5-10(13)17/h2-7H,19H2,1H3/t7-/m1/s1. The van der Waals surface area contributed by atoms with Crippen LogP contribution in [0.4, 0.5) is 4.39 Å². The summed E-state index contributed by atoms with van der Waals surface area (Å²) in [6, 6.07) is 6.88. The SMILES string of the molecule is C[C@@H](N)c1c(F)cccc1Oc1cc(Cl)c(Cl)cc1Cl. The topological polar surface area (TPSA) is 35.2 Å². The number of hydrogen-bond donors (Lipinski definition) is 1. The highest BCUT2D eigenvalue weighted by molar-refractivity contribution is 6.43. The van der Waals surface area contributed by atoms with Crippen LogP contribution in [-0.2, 0) is 0 Å². The van der Waals surface area contributed by atoms with Crippen molar-refractivity contribution in [2.24, 2.45) is 5.73 Å². The van der Waals surface area contributed by atoms with Crippen LogP contribution in [0.25, 0.3) is 0 Å². The van der Waals surface area contributed by atoms with Crippen molar-refractivity contribution in [1.82, 2.24) is 0 Å². The predicted molar refractivity (Wildman–Crippen MR) is 80.5 cm³/mol. The maximum Gasteiger partial charge on any atom is 0.147 e. The first-order chi connectivity index (χ1) is 9.40. The quantitative estimate of drug-likeness (QED) is 0.742. The molecule has 6 heteroatoms. The number of rotatable bonds is 3. The van der Waals surface area contributed by atoms with Crippen LogP contribution < -0.4 is 10.5 Å². The molecule has 2 nitrogen and oxygen atoms in total. The van der Waals surface area contributed by atoms with Crippen molar-refractivity contribution in [3.63, 3.8) is 0 Å². The second-order valence-corrected chi connectivity index (χ2v) is 5.46. The van der Waals surface area contributed by atoms with Crippen molar-refractivity contribution in [3.8, 4) is 11.5 Å².